The van der Waals surface area contributed by atoms with E-state index in [2.05, 4.69) is 0 Å². The molecule has 4 aliphatic rings. The normalized spacial score (nSPS) is 49.7. The molecule has 6 atom stereocenters. The lowest BCUT2D eigenvalue weighted by Gasteiger charge is -2.38. The van der Waals surface area contributed by atoms with Crippen molar-refractivity contribution in [2.24, 2.45) is 5.92 Å². The fraction of sp³-hybridized carbons (Fsp3) is 1.00. The van der Waals surface area contributed by atoms with Gasteiger partial charge in [-0.1, -0.05) is 0 Å². The number of rotatable bonds is 4. The second-order valence-electron chi connectivity index (χ2n) is 6.15. The Morgan fingerprint density at radius 1 is 0.944 bits per heavy atom. The molecule has 2 saturated carbocycles. The van der Waals surface area contributed by atoms with Crippen LogP contribution in [-0.4, -0.2) is 42.3 Å². The van der Waals surface area contributed by atoms with Crippen LogP contribution < -0.4 is 0 Å². The van der Waals surface area contributed by atoms with Crippen molar-refractivity contribution in [3.05, 3.63) is 5.21 Å². The summed E-state index contributed by atoms with van der Waals surface area (Å²) in [5, 5.41) is 12.7. The summed E-state index contributed by atoms with van der Waals surface area (Å²) in [6.45, 7) is 0.557. The summed E-state index contributed by atoms with van der Waals surface area (Å²) in [5.41, 5.74) is 0. The van der Waals surface area contributed by atoms with Gasteiger partial charge in [-0.2, -0.15) is 0 Å². The van der Waals surface area contributed by atoms with E-state index in [4.69, 9.17) is 14.3 Å². The molecule has 102 valence electrons. The molecule has 0 aromatic rings. The number of hydrogen-bond donors (Lipinski definition) is 0. The lowest BCUT2D eigenvalue weighted by Crippen LogP contribution is -2.36. The van der Waals surface area contributed by atoms with Crippen molar-refractivity contribution in [1.29, 1.82) is 0 Å². The number of nitrogens with zero attached hydrogens (tertiary/aromatic N) is 1. The molecule has 2 aliphatic heterocycles. The summed E-state index contributed by atoms with van der Waals surface area (Å²) in [6.07, 6.45) is 7.85. The monoisotopic (exact) mass is 254 g/mol. The van der Waals surface area contributed by atoms with Gasteiger partial charge in [0.25, 0.3) is 0 Å². The SMILES string of the molecule is [O-]N(OCC1CCC2OC2C1)C1CCC2OC2C1. The highest BCUT2D eigenvalue weighted by atomic mass is 16.9. The van der Waals surface area contributed by atoms with Crippen LogP contribution >= 0.6 is 0 Å². The molecule has 5 nitrogen and oxygen atoms in total. The molecular formula is C13H20NO4-. The topological polar surface area (TPSA) is 60.6 Å². The Morgan fingerprint density at radius 3 is 2.39 bits per heavy atom. The Kier molecular flexibility index (Phi) is 2.85. The van der Waals surface area contributed by atoms with Gasteiger partial charge in [0.2, 0.25) is 0 Å². The highest BCUT2D eigenvalue weighted by molar-refractivity contribution is 4.94. The van der Waals surface area contributed by atoms with Gasteiger partial charge >= 0.3 is 0 Å². The van der Waals surface area contributed by atoms with Crippen LogP contribution in [0.25, 0.3) is 0 Å². The molecule has 0 aromatic heterocycles. The standard InChI is InChI=1S/C13H20NO4/c15-14(9-2-4-11-13(6-9)18-11)16-7-8-1-3-10-12(5-8)17-10/h8-13H,1-7H2/q-1. The predicted molar refractivity (Wildman–Crippen MR) is 63.5 cm³/mol. The molecule has 0 radical (unpaired) electrons. The van der Waals surface area contributed by atoms with Crippen LogP contribution in [0.2, 0.25) is 0 Å². The zero-order chi connectivity index (χ0) is 12.1. The molecule has 0 amide bonds. The predicted octanol–water partition coefficient (Wildman–Crippen LogP) is 1.61. The molecule has 6 unspecified atom stereocenters. The summed E-state index contributed by atoms with van der Waals surface area (Å²) in [7, 11) is 0. The summed E-state index contributed by atoms with van der Waals surface area (Å²) in [5.74, 6) is 0.499. The zero-order valence-electron chi connectivity index (χ0n) is 10.5. The lowest BCUT2D eigenvalue weighted by atomic mass is 9.90. The third-order valence-corrected chi connectivity index (χ3v) is 4.82. The molecule has 4 rings (SSSR count). The first-order chi connectivity index (χ1) is 8.79. The Morgan fingerprint density at radius 2 is 1.67 bits per heavy atom. The van der Waals surface area contributed by atoms with Crippen molar-refractivity contribution in [2.75, 3.05) is 6.61 Å². The number of fused-ring (bicyclic) bond motifs is 2. The van der Waals surface area contributed by atoms with Gasteiger partial charge < -0.3 is 19.5 Å². The van der Waals surface area contributed by atoms with E-state index in [0.29, 0.717) is 36.9 Å². The largest absolute Gasteiger partial charge is 0.762 e. The molecule has 0 spiro atoms. The van der Waals surface area contributed by atoms with E-state index in [-0.39, 0.29) is 6.04 Å². The van der Waals surface area contributed by atoms with Crippen LogP contribution in [-0.2, 0) is 14.3 Å². The quantitative estimate of drug-likeness (QED) is 0.563. The van der Waals surface area contributed by atoms with Gasteiger partial charge in [-0.3, -0.25) is 5.23 Å². The van der Waals surface area contributed by atoms with Gasteiger partial charge in [-0.25, -0.2) is 0 Å². The van der Waals surface area contributed by atoms with Crippen LogP contribution in [0.3, 0.4) is 0 Å². The second kappa shape index (κ2) is 4.42. The van der Waals surface area contributed by atoms with Crippen molar-refractivity contribution in [3.63, 3.8) is 0 Å². The van der Waals surface area contributed by atoms with Crippen LogP contribution in [0.15, 0.2) is 0 Å². The molecule has 0 bridgehead atoms. The van der Waals surface area contributed by atoms with Crippen molar-refractivity contribution < 1.29 is 14.3 Å². The van der Waals surface area contributed by atoms with Crippen LogP contribution in [0.4, 0.5) is 0 Å². The number of hydrogen-bond acceptors (Lipinski definition) is 5. The fourth-order valence-corrected chi connectivity index (χ4v) is 3.50. The van der Waals surface area contributed by atoms with Gasteiger partial charge in [0.15, 0.2) is 0 Å². The van der Waals surface area contributed by atoms with Crippen molar-refractivity contribution >= 4 is 0 Å². The van der Waals surface area contributed by atoms with Crippen LogP contribution in [0.1, 0.15) is 38.5 Å². The van der Waals surface area contributed by atoms with Gasteiger partial charge in [-0.15, -0.1) is 0 Å². The maximum atomic E-state index is 11.9. The molecule has 4 fully saturated rings. The Balaban J connectivity index is 1.21. The summed E-state index contributed by atoms with van der Waals surface area (Å²) < 4.78 is 10.9. The minimum absolute atomic E-state index is 0.00210. The Labute approximate surface area is 107 Å². The van der Waals surface area contributed by atoms with E-state index in [1.165, 1.54) is 0 Å². The maximum absolute atomic E-state index is 11.9. The highest BCUT2D eigenvalue weighted by Crippen LogP contribution is 2.40. The van der Waals surface area contributed by atoms with Crippen molar-refractivity contribution in [2.45, 2.75) is 69.0 Å². The molecule has 2 saturated heterocycles. The average molecular weight is 254 g/mol. The number of epoxide rings is 2. The Bertz CT molecular complexity index is 326. The summed E-state index contributed by atoms with van der Waals surface area (Å²) in [6, 6.07) is 0.00210. The third kappa shape index (κ3) is 2.30. The van der Waals surface area contributed by atoms with Crippen LogP contribution in [0.5, 0.6) is 0 Å². The zero-order valence-corrected chi connectivity index (χ0v) is 10.5. The minimum Gasteiger partial charge on any atom is -0.762 e. The fourth-order valence-electron chi connectivity index (χ4n) is 3.50. The lowest BCUT2D eigenvalue weighted by molar-refractivity contribution is -0.166. The maximum Gasteiger partial charge on any atom is 0.0857 e. The Hall–Kier alpha value is -0.200. The first kappa shape index (κ1) is 11.6. The molecule has 5 heteroatoms. The summed E-state index contributed by atoms with van der Waals surface area (Å²) >= 11 is 0. The van der Waals surface area contributed by atoms with Gasteiger partial charge in [0.05, 0.1) is 31.0 Å². The van der Waals surface area contributed by atoms with Crippen LogP contribution in [0, 0.1) is 11.1 Å². The van der Waals surface area contributed by atoms with E-state index in [1.807, 2.05) is 0 Å². The smallest absolute Gasteiger partial charge is 0.0857 e. The minimum atomic E-state index is 0.00210. The summed E-state index contributed by atoms with van der Waals surface area (Å²) in [4.78, 5) is 5.42. The van der Waals surface area contributed by atoms with Crippen molar-refractivity contribution in [3.8, 4) is 0 Å². The first-order valence-electron chi connectivity index (χ1n) is 7.20. The van der Waals surface area contributed by atoms with E-state index >= 15 is 0 Å². The van der Waals surface area contributed by atoms with E-state index in [0.717, 1.165) is 43.8 Å². The first-order valence-corrected chi connectivity index (χ1v) is 7.20. The number of ether oxygens (including phenoxy) is 2. The molecular weight excluding hydrogens is 234 g/mol. The van der Waals surface area contributed by atoms with E-state index in [9.17, 15) is 5.21 Å². The number of hydroxylamine groups is 2. The molecule has 2 aliphatic carbocycles. The molecule has 0 N–H and O–H groups in total. The van der Waals surface area contributed by atoms with Crippen molar-refractivity contribution in [1.82, 2.24) is 5.23 Å². The van der Waals surface area contributed by atoms with E-state index in [1.54, 1.807) is 0 Å². The molecule has 2 heterocycles. The second-order valence-corrected chi connectivity index (χ2v) is 6.15. The molecule has 0 aromatic carbocycles. The van der Waals surface area contributed by atoms with E-state index < -0.39 is 0 Å². The van der Waals surface area contributed by atoms with Gasteiger partial charge in [0, 0.05) is 6.04 Å². The average Bonchev–Trinajstić information content (AvgIpc) is 3.26. The van der Waals surface area contributed by atoms with Gasteiger partial charge in [-0.05, 0) is 44.4 Å². The van der Waals surface area contributed by atoms with Gasteiger partial charge in [0.1, 0.15) is 0 Å². The third-order valence-electron chi connectivity index (χ3n) is 4.82. The highest BCUT2D eigenvalue weighted by Gasteiger charge is 2.45. The molecule has 18 heavy (non-hydrogen) atoms.